The van der Waals surface area contributed by atoms with Crippen molar-refractivity contribution in [2.24, 2.45) is 0 Å². The molecular formula is C14H23BrN2. The Labute approximate surface area is 114 Å². The molecule has 0 aliphatic heterocycles. The average molecular weight is 299 g/mol. The van der Waals surface area contributed by atoms with Crippen LogP contribution in [0.1, 0.15) is 45.7 Å². The first-order valence-corrected chi connectivity index (χ1v) is 7.31. The molecule has 3 heteroatoms. The summed E-state index contributed by atoms with van der Waals surface area (Å²) in [6.45, 7) is 8.92. The van der Waals surface area contributed by atoms with Gasteiger partial charge in [-0.1, -0.05) is 20.3 Å². The Balaban J connectivity index is 2.61. The first kappa shape index (κ1) is 14.7. The third-order valence-electron chi connectivity index (χ3n) is 3.17. The number of aromatic nitrogens is 1. The van der Waals surface area contributed by atoms with Crippen LogP contribution in [-0.2, 0) is 6.54 Å². The predicted octanol–water partition coefficient (Wildman–Crippen LogP) is 4.24. The van der Waals surface area contributed by atoms with Crippen LogP contribution in [0.4, 0.5) is 0 Å². The first-order chi connectivity index (χ1) is 8.17. The van der Waals surface area contributed by atoms with Crippen LogP contribution < -0.4 is 0 Å². The van der Waals surface area contributed by atoms with E-state index in [0.717, 1.165) is 16.7 Å². The van der Waals surface area contributed by atoms with E-state index in [1.54, 1.807) is 0 Å². The Kier molecular flexibility index (Phi) is 6.75. The first-order valence-electron chi connectivity index (χ1n) is 6.51. The minimum absolute atomic E-state index is 0.631. The van der Waals surface area contributed by atoms with Crippen LogP contribution in [0, 0.1) is 0 Å². The summed E-state index contributed by atoms with van der Waals surface area (Å²) in [5.74, 6) is 0. The quantitative estimate of drug-likeness (QED) is 0.748. The largest absolute Gasteiger partial charge is 0.295 e. The zero-order valence-corrected chi connectivity index (χ0v) is 12.7. The van der Waals surface area contributed by atoms with E-state index in [1.807, 2.05) is 6.20 Å². The number of hydrogen-bond acceptors (Lipinski definition) is 2. The van der Waals surface area contributed by atoms with Gasteiger partial charge in [-0.15, -0.1) is 0 Å². The number of pyridine rings is 1. The normalized spacial score (nSPS) is 13.0. The van der Waals surface area contributed by atoms with Crippen molar-refractivity contribution in [2.45, 2.75) is 52.6 Å². The second kappa shape index (κ2) is 7.83. The van der Waals surface area contributed by atoms with Crippen molar-refractivity contribution in [1.82, 2.24) is 9.88 Å². The Hall–Kier alpha value is -0.410. The van der Waals surface area contributed by atoms with Gasteiger partial charge in [0.15, 0.2) is 0 Å². The molecule has 0 N–H and O–H groups in total. The molecular weight excluding hydrogens is 276 g/mol. The molecule has 0 saturated carbocycles. The smallest absolute Gasteiger partial charge is 0.0544 e. The van der Waals surface area contributed by atoms with Crippen LogP contribution >= 0.6 is 15.9 Å². The standard InChI is InChI=1S/C14H23BrN2/c1-4-6-9-17(12(3)5-2)11-14-8-7-13(15)10-16-14/h7-8,10,12H,4-6,9,11H2,1-3H3. The van der Waals surface area contributed by atoms with Crippen LogP contribution in [0.2, 0.25) is 0 Å². The third kappa shape index (κ3) is 5.17. The molecule has 0 aliphatic rings. The molecule has 1 aromatic rings. The van der Waals surface area contributed by atoms with Crippen molar-refractivity contribution in [2.75, 3.05) is 6.54 Å². The lowest BCUT2D eigenvalue weighted by atomic mass is 10.2. The summed E-state index contributed by atoms with van der Waals surface area (Å²) in [5, 5.41) is 0. The van der Waals surface area contributed by atoms with Gasteiger partial charge < -0.3 is 0 Å². The van der Waals surface area contributed by atoms with Gasteiger partial charge in [0, 0.05) is 23.3 Å². The number of halogens is 1. The van der Waals surface area contributed by atoms with Gasteiger partial charge in [-0.3, -0.25) is 9.88 Å². The molecule has 0 bridgehead atoms. The molecule has 0 aliphatic carbocycles. The van der Waals surface area contributed by atoms with E-state index in [2.05, 4.69) is 58.7 Å². The van der Waals surface area contributed by atoms with E-state index < -0.39 is 0 Å². The van der Waals surface area contributed by atoms with Gasteiger partial charge in [0.2, 0.25) is 0 Å². The molecule has 1 unspecified atom stereocenters. The molecule has 1 aromatic heterocycles. The van der Waals surface area contributed by atoms with Gasteiger partial charge in [0.1, 0.15) is 0 Å². The third-order valence-corrected chi connectivity index (χ3v) is 3.64. The molecule has 1 rings (SSSR count). The van der Waals surface area contributed by atoms with Crippen molar-refractivity contribution >= 4 is 15.9 Å². The molecule has 2 nitrogen and oxygen atoms in total. The summed E-state index contributed by atoms with van der Waals surface area (Å²) < 4.78 is 1.05. The Morgan fingerprint density at radius 1 is 1.35 bits per heavy atom. The summed E-state index contributed by atoms with van der Waals surface area (Å²) in [5.41, 5.74) is 1.16. The van der Waals surface area contributed by atoms with Crippen molar-refractivity contribution in [1.29, 1.82) is 0 Å². The van der Waals surface area contributed by atoms with Gasteiger partial charge in [-0.2, -0.15) is 0 Å². The lowest BCUT2D eigenvalue weighted by Gasteiger charge is -2.27. The molecule has 0 amide bonds. The number of nitrogens with zero attached hydrogens (tertiary/aromatic N) is 2. The molecule has 0 fully saturated rings. The lowest BCUT2D eigenvalue weighted by molar-refractivity contribution is 0.190. The zero-order valence-electron chi connectivity index (χ0n) is 11.1. The highest BCUT2D eigenvalue weighted by atomic mass is 79.9. The van der Waals surface area contributed by atoms with Gasteiger partial charge >= 0.3 is 0 Å². The van der Waals surface area contributed by atoms with Crippen LogP contribution in [0.15, 0.2) is 22.8 Å². The summed E-state index contributed by atoms with van der Waals surface area (Å²) in [4.78, 5) is 6.98. The Morgan fingerprint density at radius 3 is 2.65 bits per heavy atom. The average Bonchev–Trinajstić information content (AvgIpc) is 2.36. The van der Waals surface area contributed by atoms with E-state index in [-0.39, 0.29) is 0 Å². The summed E-state index contributed by atoms with van der Waals surface area (Å²) in [7, 11) is 0. The zero-order chi connectivity index (χ0) is 12.7. The van der Waals surface area contributed by atoms with Crippen molar-refractivity contribution in [3.8, 4) is 0 Å². The molecule has 0 aromatic carbocycles. The predicted molar refractivity (Wildman–Crippen MR) is 77.0 cm³/mol. The molecule has 17 heavy (non-hydrogen) atoms. The molecule has 1 heterocycles. The second-order valence-electron chi connectivity index (χ2n) is 4.55. The number of rotatable bonds is 7. The highest BCUT2D eigenvalue weighted by molar-refractivity contribution is 9.10. The van der Waals surface area contributed by atoms with Crippen molar-refractivity contribution in [3.63, 3.8) is 0 Å². The second-order valence-corrected chi connectivity index (χ2v) is 5.46. The van der Waals surface area contributed by atoms with Crippen molar-refractivity contribution < 1.29 is 0 Å². The SMILES string of the molecule is CCCCN(Cc1ccc(Br)cn1)C(C)CC. The fourth-order valence-corrected chi connectivity index (χ4v) is 2.02. The monoisotopic (exact) mass is 298 g/mol. The number of unbranched alkanes of at least 4 members (excludes halogenated alkanes) is 1. The summed E-state index contributed by atoms with van der Waals surface area (Å²) in [6, 6.07) is 4.80. The van der Waals surface area contributed by atoms with Crippen LogP contribution in [0.25, 0.3) is 0 Å². The maximum atomic E-state index is 4.45. The van der Waals surface area contributed by atoms with Crippen LogP contribution in [0.5, 0.6) is 0 Å². The fraction of sp³-hybridized carbons (Fsp3) is 0.643. The maximum absolute atomic E-state index is 4.45. The molecule has 96 valence electrons. The maximum Gasteiger partial charge on any atom is 0.0544 e. The van der Waals surface area contributed by atoms with E-state index in [1.165, 1.54) is 25.8 Å². The number of hydrogen-bond donors (Lipinski definition) is 0. The lowest BCUT2D eigenvalue weighted by Crippen LogP contribution is -2.33. The molecule has 0 saturated heterocycles. The minimum atomic E-state index is 0.631. The van der Waals surface area contributed by atoms with Gasteiger partial charge in [-0.25, -0.2) is 0 Å². The minimum Gasteiger partial charge on any atom is -0.295 e. The van der Waals surface area contributed by atoms with E-state index in [4.69, 9.17) is 0 Å². The van der Waals surface area contributed by atoms with Crippen LogP contribution in [0.3, 0.4) is 0 Å². The van der Waals surface area contributed by atoms with Crippen molar-refractivity contribution in [3.05, 3.63) is 28.5 Å². The highest BCUT2D eigenvalue weighted by Crippen LogP contribution is 2.13. The Bertz CT molecular complexity index is 311. The van der Waals surface area contributed by atoms with E-state index >= 15 is 0 Å². The van der Waals surface area contributed by atoms with E-state index in [9.17, 15) is 0 Å². The van der Waals surface area contributed by atoms with Gasteiger partial charge in [0.25, 0.3) is 0 Å². The Morgan fingerprint density at radius 2 is 2.12 bits per heavy atom. The van der Waals surface area contributed by atoms with Crippen LogP contribution in [-0.4, -0.2) is 22.5 Å². The molecule has 1 atom stereocenters. The molecule has 0 spiro atoms. The fourth-order valence-electron chi connectivity index (χ4n) is 1.78. The summed E-state index contributed by atoms with van der Waals surface area (Å²) in [6.07, 6.45) is 5.59. The summed E-state index contributed by atoms with van der Waals surface area (Å²) >= 11 is 3.42. The highest BCUT2D eigenvalue weighted by Gasteiger charge is 2.12. The van der Waals surface area contributed by atoms with Gasteiger partial charge in [0.05, 0.1) is 5.69 Å². The van der Waals surface area contributed by atoms with E-state index in [0.29, 0.717) is 6.04 Å². The van der Waals surface area contributed by atoms with Gasteiger partial charge in [-0.05, 0) is 54.4 Å². The topological polar surface area (TPSA) is 16.1 Å². The molecule has 0 radical (unpaired) electrons.